The van der Waals surface area contributed by atoms with Gasteiger partial charge in [-0.3, -0.25) is 0 Å². The van der Waals surface area contributed by atoms with Crippen molar-refractivity contribution < 1.29 is 8.42 Å². The first-order valence-corrected chi connectivity index (χ1v) is 8.04. The largest absolute Gasteiger partial charge is 0.240 e. The van der Waals surface area contributed by atoms with Crippen molar-refractivity contribution in [1.29, 1.82) is 5.26 Å². The molecule has 1 heterocycles. The van der Waals surface area contributed by atoms with Gasteiger partial charge in [-0.25, -0.2) is 13.4 Å². The summed E-state index contributed by atoms with van der Waals surface area (Å²) in [6, 6.07) is 9.14. The van der Waals surface area contributed by atoms with Gasteiger partial charge in [0.1, 0.15) is 10.8 Å². The second kappa shape index (κ2) is 4.88. The minimum absolute atomic E-state index is 0.0460. The molecule has 6 heteroatoms. The van der Waals surface area contributed by atoms with Crippen LogP contribution in [-0.2, 0) is 15.6 Å². The highest BCUT2D eigenvalue weighted by molar-refractivity contribution is 7.90. The van der Waals surface area contributed by atoms with Gasteiger partial charge in [-0.15, -0.1) is 11.3 Å². The highest BCUT2D eigenvalue weighted by Crippen LogP contribution is 2.23. The molecule has 18 heavy (non-hydrogen) atoms. The predicted molar refractivity (Wildman–Crippen MR) is 70.8 cm³/mol. The van der Waals surface area contributed by atoms with Crippen LogP contribution in [0.15, 0.2) is 29.6 Å². The van der Waals surface area contributed by atoms with E-state index in [2.05, 4.69) is 11.1 Å². The topological polar surface area (TPSA) is 70.8 Å². The molecule has 0 unspecified atom stereocenters. The lowest BCUT2D eigenvalue weighted by molar-refractivity contribution is 0.601. The molecule has 0 aliphatic rings. The van der Waals surface area contributed by atoms with E-state index in [4.69, 9.17) is 5.26 Å². The number of nitrogens with zero attached hydrogens (tertiary/aromatic N) is 2. The average Bonchev–Trinajstić information content (AvgIpc) is 2.75. The van der Waals surface area contributed by atoms with Crippen molar-refractivity contribution >= 4 is 21.2 Å². The van der Waals surface area contributed by atoms with Crippen LogP contribution in [-0.4, -0.2) is 19.7 Å². The summed E-state index contributed by atoms with van der Waals surface area (Å²) >= 11 is 1.31. The fraction of sp³-hybridized carbons (Fsp3) is 0.167. The molecule has 0 radical (unpaired) electrons. The van der Waals surface area contributed by atoms with E-state index in [9.17, 15) is 8.42 Å². The Kier molecular flexibility index (Phi) is 3.45. The zero-order valence-electron chi connectivity index (χ0n) is 9.62. The maximum absolute atomic E-state index is 11.2. The van der Waals surface area contributed by atoms with E-state index >= 15 is 0 Å². The van der Waals surface area contributed by atoms with E-state index in [0.717, 1.165) is 5.56 Å². The molecule has 0 bridgehead atoms. The van der Waals surface area contributed by atoms with Crippen molar-refractivity contribution in [3.63, 3.8) is 0 Å². The molecular formula is C12H10N2O2S2. The van der Waals surface area contributed by atoms with Crippen LogP contribution in [0.5, 0.6) is 0 Å². The van der Waals surface area contributed by atoms with E-state index in [0.29, 0.717) is 16.3 Å². The third kappa shape index (κ3) is 3.15. The lowest BCUT2D eigenvalue weighted by Crippen LogP contribution is -1.99. The van der Waals surface area contributed by atoms with Crippen LogP contribution in [0.3, 0.4) is 0 Å². The van der Waals surface area contributed by atoms with Gasteiger partial charge in [-0.1, -0.05) is 12.1 Å². The number of nitriles is 1. The van der Waals surface area contributed by atoms with Crippen LogP contribution >= 0.6 is 11.3 Å². The summed E-state index contributed by atoms with van der Waals surface area (Å²) < 4.78 is 22.3. The lowest BCUT2D eigenvalue weighted by atomic mass is 10.1. The summed E-state index contributed by atoms with van der Waals surface area (Å²) in [7, 11) is -3.06. The Morgan fingerprint density at radius 3 is 2.89 bits per heavy atom. The van der Waals surface area contributed by atoms with Gasteiger partial charge in [0.25, 0.3) is 0 Å². The Bertz CT molecular complexity index is 712. The Balaban J connectivity index is 2.32. The molecule has 92 valence electrons. The predicted octanol–water partition coefficient (Wildman–Crippen LogP) is 2.23. The molecule has 0 spiro atoms. The first-order chi connectivity index (χ1) is 8.48. The number of hydrogen-bond donors (Lipinski definition) is 0. The van der Waals surface area contributed by atoms with E-state index in [1.807, 2.05) is 6.07 Å². The van der Waals surface area contributed by atoms with Gasteiger partial charge in [0.15, 0.2) is 9.84 Å². The monoisotopic (exact) mass is 278 g/mol. The van der Waals surface area contributed by atoms with Crippen LogP contribution in [0, 0.1) is 11.3 Å². The number of sulfone groups is 1. The van der Waals surface area contributed by atoms with Gasteiger partial charge in [-0.05, 0) is 12.1 Å². The Morgan fingerprint density at radius 1 is 1.44 bits per heavy atom. The van der Waals surface area contributed by atoms with Crippen molar-refractivity contribution in [2.45, 2.75) is 5.75 Å². The van der Waals surface area contributed by atoms with Crippen LogP contribution in [0.1, 0.15) is 10.6 Å². The molecule has 0 aliphatic heterocycles. The molecule has 0 aliphatic carbocycles. The molecule has 0 fully saturated rings. The summed E-state index contributed by atoms with van der Waals surface area (Å²) in [5.74, 6) is -0.0460. The maximum atomic E-state index is 11.2. The Hall–Kier alpha value is -1.71. The molecule has 0 saturated heterocycles. The number of benzene rings is 1. The van der Waals surface area contributed by atoms with Crippen molar-refractivity contribution in [2.24, 2.45) is 0 Å². The Labute approximate surface area is 109 Å². The molecule has 0 N–H and O–H groups in total. The van der Waals surface area contributed by atoms with E-state index in [-0.39, 0.29) is 5.75 Å². The van der Waals surface area contributed by atoms with Gasteiger partial charge < -0.3 is 0 Å². The van der Waals surface area contributed by atoms with Crippen molar-refractivity contribution in [1.82, 2.24) is 4.98 Å². The fourth-order valence-electron chi connectivity index (χ4n) is 1.48. The van der Waals surface area contributed by atoms with Crippen LogP contribution < -0.4 is 0 Å². The van der Waals surface area contributed by atoms with Crippen LogP contribution in [0.4, 0.5) is 0 Å². The van der Waals surface area contributed by atoms with Crippen molar-refractivity contribution in [3.05, 3.63) is 40.2 Å². The third-order valence-corrected chi connectivity index (χ3v) is 4.05. The molecule has 0 amide bonds. The van der Waals surface area contributed by atoms with Gasteiger partial charge in [0, 0.05) is 17.2 Å². The summed E-state index contributed by atoms with van der Waals surface area (Å²) in [6.45, 7) is 0. The summed E-state index contributed by atoms with van der Waals surface area (Å²) in [6.07, 6.45) is 1.18. The van der Waals surface area contributed by atoms with Crippen LogP contribution in [0.2, 0.25) is 0 Å². The highest BCUT2D eigenvalue weighted by atomic mass is 32.2. The molecular weight excluding hydrogens is 268 g/mol. The van der Waals surface area contributed by atoms with Crippen LogP contribution in [0.25, 0.3) is 11.3 Å². The minimum atomic E-state index is -3.06. The first kappa shape index (κ1) is 12.7. The quantitative estimate of drug-likeness (QED) is 0.863. The second-order valence-electron chi connectivity index (χ2n) is 3.89. The summed E-state index contributed by atoms with van der Waals surface area (Å²) in [4.78, 5) is 4.27. The zero-order chi connectivity index (χ0) is 13.2. The normalized spacial score (nSPS) is 11.1. The Morgan fingerprint density at radius 2 is 2.22 bits per heavy atom. The van der Waals surface area contributed by atoms with E-state index < -0.39 is 9.84 Å². The van der Waals surface area contributed by atoms with Gasteiger partial charge in [0.05, 0.1) is 17.3 Å². The highest BCUT2D eigenvalue weighted by Gasteiger charge is 2.10. The molecule has 2 aromatic rings. The SMILES string of the molecule is CS(=O)(=O)Cc1nc(-c2cccc(C#N)c2)cs1. The number of hydrogen-bond acceptors (Lipinski definition) is 5. The maximum Gasteiger partial charge on any atom is 0.153 e. The average molecular weight is 278 g/mol. The molecule has 2 rings (SSSR count). The molecule has 0 saturated carbocycles. The van der Waals surface area contributed by atoms with Gasteiger partial charge in [0.2, 0.25) is 0 Å². The first-order valence-electron chi connectivity index (χ1n) is 5.10. The standard InChI is InChI=1S/C12H10N2O2S2/c1-18(15,16)8-12-14-11(7-17-12)10-4-2-3-9(5-10)6-13/h2-5,7H,8H2,1H3. The van der Waals surface area contributed by atoms with E-state index in [1.54, 1.807) is 23.6 Å². The van der Waals surface area contributed by atoms with E-state index in [1.165, 1.54) is 17.6 Å². The number of rotatable bonds is 3. The van der Waals surface area contributed by atoms with Crippen molar-refractivity contribution in [3.8, 4) is 17.3 Å². The molecule has 0 atom stereocenters. The zero-order valence-corrected chi connectivity index (χ0v) is 11.3. The molecule has 4 nitrogen and oxygen atoms in total. The summed E-state index contributed by atoms with van der Waals surface area (Å²) in [5, 5.41) is 11.2. The lowest BCUT2D eigenvalue weighted by Gasteiger charge is -1.96. The fourth-order valence-corrected chi connectivity index (χ4v) is 3.50. The molecule has 1 aromatic heterocycles. The summed E-state index contributed by atoms with van der Waals surface area (Å²) in [5.41, 5.74) is 2.09. The van der Waals surface area contributed by atoms with Crippen molar-refractivity contribution in [2.75, 3.05) is 6.26 Å². The van der Waals surface area contributed by atoms with Gasteiger partial charge in [-0.2, -0.15) is 5.26 Å². The smallest absolute Gasteiger partial charge is 0.153 e. The third-order valence-electron chi connectivity index (χ3n) is 2.22. The van der Waals surface area contributed by atoms with Gasteiger partial charge >= 0.3 is 0 Å². The second-order valence-corrected chi connectivity index (χ2v) is 6.97. The number of aromatic nitrogens is 1. The molecule has 1 aromatic carbocycles. The number of thiazole rings is 1. The minimum Gasteiger partial charge on any atom is -0.240 e.